The van der Waals surface area contributed by atoms with E-state index in [9.17, 15) is 4.79 Å². The van der Waals surface area contributed by atoms with Crippen molar-refractivity contribution in [3.05, 3.63) is 85.5 Å². The van der Waals surface area contributed by atoms with Gasteiger partial charge in [0.15, 0.2) is 0 Å². The van der Waals surface area contributed by atoms with Gasteiger partial charge in [0.1, 0.15) is 5.15 Å². The van der Waals surface area contributed by atoms with Crippen LogP contribution in [0.2, 0.25) is 15.2 Å². The molecule has 1 N–H and O–H groups in total. The average Bonchev–Trinajstić information content (AvgIpc) is 3.77. The highest BCUT2D eigenvalue weighted by Crippen LogP contribution is 2.36. The number of anilines is 4. The Balaban J connectivity index is 0.000000147. The van der Waals surface area contributed by atoms with Gasteiger partial charge in [0.05, 0.1) is 21.2 Å². The van der Waals surface area contributed by atoms with Gasteiger partial charge >= 0.3 is 0 Å². The van der Waals surface area contributed by atoms with Crippen molar-refractivity contribution in [2.24, 2.45) is 0 Å². The number of aromatic amines is 1. The van der Waals surface area contributed by atoms with Gasteiger partial charge in [-0.05, 0) is 48.5 Å². The Labute approximate surface area is 291 Å². The second-order valence-corrected chi connectivity index (χ2v) is 14.8. The summed E-state index contributed by atoms with van der Waals surface area (Å²) in [7, 11) is 0. The van der Waals surface area contributed by atoms with Crippen molar-refractivity contribution in [3.63, 3.8) is 0 Å². The fourth-order valence-electron chi connectivity index (χ4n) is 6.02. The van der Waals surface area contributed by atoms with Gasteiger partial charge in [-0.3, -0.25) is 9.78 Å². The van der Waals surface area contributed by atoms with Crippen LogP contribution >= 0.6 is 58.3 Å². The van der Waals surface area contributed by atoms with Gasteiger partial charge in [-0.2, -0.15) is 4.98 Å². The summed E-state index contributed by atoms with van der Waals surface area (Å²) in [5.74, 6) is 3.50. The molecule has 0 spiro atoms. The van der Waals surface area contributed by atoms with Crippen molar-refractivity contribution in [1.29, 1.82) is 0 Å². The van der Waals surface area contributed by atoms with Crippen LogP contribution in [0.1, 0.15) is 11.4 Å². The molecule has 0 bridgehead atoms. The topological polar surface area (TPSA) is 84.5 Å². The number of piperazine rings is 2. The zero-order valence-electron chi connectivity index (χ0n) is 25.1. The highest BCUT2D eigenvalue weighted by Gasteiger charge is 2.25. The monoisotopic (exact) mass is 714 g/mol. The maximum atomic E-state index is 12.1. The van der Waals surface area contributed by atoms with Gasteiger partial charge in [0.25, 0.3) is 5.56 Å². The Morgan fingerprint density at radius 2 is 1.07 bits per heavy atom. The fourth-order valence-corrected chi connectivity index (χ4v) is 8.59. The third-order valence-corrected chi connectivity index (χ3v) is 11.6. The highest BCUT2D eigenvalue weighted by atomic mass is 35.5. The molecule has 14 heteroatoms. The predicted molar refractivity (Wildman–Crippen MR) is 193 cm³/mol. The molecule has 2 aromatic heterocycles. The quantitative estimate of drug-likeness (QED) is 0.248. The summed E-state index contributed by atoms with van der Waals surface area (Å²) >= 11 is 21.6. The smallest absolute Gasteiger partial charge is 0.266 e. The molecular weight excluding hydrogens is 683 g/mol. The number of nitrogens with zero attached hydrogens (tertiary/aromatic N) is 7. The maximum Gasteiger partial charge on any atom is 0.266 e. The molecule has 9 nitrogen and oxygen atoms in total. The SMILES string of the molecule is Clc1ccc(N2CCN(c3nc(Cl)c4c(n3)CCS4)CC2)cc1.O=c1[nH]c(N2CCN(c3ccc(Cl)cc3)CC2)nc2c1SCC2. The predicted octanol–water partition coefficient (Wildman–Crippen LogP) is 6.16. The van der Waals surface area contributed by atoms with Crippen molar-refractivity contribution in [3.8, 4) is 0 Å². The third kappa shape index (κ3) is 7.04. The van der Waals surface area contributed by atoms with E-state index in [1.807, 2.05) is 36.4 Å². The Kier molecular flexibility index (Phi) is 9.74. The third-order valence-electron chi connectivity index (χ3n) is 8.51. The molecule has 4 aliphatic rings. The van der Waals surface area contributed by atoms with Gasteiger partial charge in [0.2, 0.25) is 11.9 Å². The molecule has 2 aromatic carbocycles. The van der Waals surface area contributed by atoms with E-state index in [-0.39, 0.29) is 5.56 Å². The molecule has 240 valence electrons. The molecule has 6 heterocycles. The molecule has 0 saturated carbocycles. The van der Waals surface area contributed by atoms with E-state index in [1.165, 1.54) is 11.4 Å². The molecule has 0 unspecified atom stereocenters. The molecule has 4 aromatic rings. The van der Waals surface area contributed by atoms with E-state index in [1.54, 1.807) is 23.5 Å². The molecular formula is C32H33Cl3N8OS2. The number of hydrogen-bond acceptors (Lipinski definition) is 10. The molecule has 0 amide bonds. The Morgan fingerprint density at radius 1 is 0.587 bits per heavy atom. The summed E-state index contributed by atoms with van der Waals surface area (Å²) in [5, 5.41) is 2.13. The van der Waals surface area contributed by atoms with E-state index < -0.39 is 0 Å². The first kappa shape index (κ1) is 31.8. The molecule has 8 rings (SSSR count). The number of hydrogen-bond donors (Lipinski definition) is 1. The first-order chi connectivity index (χ1) is 22.4. The molecule has 4 aliphatic heterocycles. The first-order valence-corrected chi connectivity index (χ1v) is 18.5. The van der Waals surface area contributed by atoms with Crippen LogP contribution in [0.3, 0.4) is 0 Å². The van der Waals surface area contributed by atoms with Crippen LogP contribution in [0.25, 0.3) is 0 Å². The lowest BCUT2D eigenvalue weighted by Crippen LogP contribution is -2.47. The molecule has 0 aliphatic carbocycles. The van der Waals surface area contributed by atoms with E-state index in [4.69, 9.17) is 39.8 Å². The number of thioether (sulfide) groups is 2. The zero-order valence-corrected chi connectivity index (χ0v) is 29.0. The van der Waals surface area contributed by atoms with Gasteiger partial charge in [-0.1, -0.05) is 34.8 Å². The van der Waals surface area contributed by atoms with Crippen molar-refractivity contribution in [1.82, 2.24) is 19.9 Å². The summed E-state index contributed by atoms with van der Waals surface area (Å²) in [6, 6.07) is 15.9. The minimum Gasteiger partial charge on any atom is -0.368 e. The van der Waals surface area contributed by atoms with Crippen LogP contribution in [0.15, 0.2) is 63.1 Å². The number of aromatic nitrogens is 4. The van der Waals surface area contributed by atoms with Crippen molar-refractivity contribution >= 4 is 81.6 Å². The molecule has 0 radical (unpaired) electrons. The number of rotatable bonds is 4. The van der Waals surface area contributed by atoms with Gasteiger partial charge in [-0.15, -0.1) is 23.5 Å². The summed E-state index contributed by atoms with van der Waals surface area (Å²) in [6.07, 6.45) is 1.88. The van der Waals surface area contributed by atoms with Crippen molar-refractivity contribution in [2.75, 3.05) is 83.5 Å². The summed E-state index contributed by atoms with van der Waals surface area (Å²) < 4.78 is 0. The average molecular weight is 716 g/mol. The van der Waals surface area contributed by atoms with Crippen molar-refractivity contribution < 1.29 is 0 Å². The number of benzene rings is 2. The summed E-state index contributed by atoms with van der Waals surface area (Å²) in [5.41, 5.74) is 4.45. The number of aryl methyl sites for hydroxylation is 2. The Hall–Kier alpha value is -2.83. The molecule has 46 heavy (non-hydrogen) atoms. The van der Waals surface area contributed by atoms with Crippen LogP contribution in [0.5, 0.6) is 0 Å². The van der Waals surface area contributed by atoms with Crippen LogP contribution in [-0.2, 0) is 12.8 Å². The number of H-pyrrole nitrogens is 1. The van der Waals surface area contributed by atoms with E-state index >= 15 is 0 Å². The number of fused-ring (bicyclic) bond motifs is 2. The van der Waals surface area contributed by atoms with Crippen LogP contribution in [0.4, 0.5) is 23.3 Å². The molecule has 2 saturated heterocycles. The maximum absolute atomic E-state index is 12.1. The molecule has 2 fully saturated rings. The summed E-state index contributed by atoms with van der Waals surface area (Å²) in [6.45, 7) is 7.15. The van der Waals surface area contributed by atoms with Gasteiger partial charge in [0, 0.05) is 98.1 Å². The Morgan fingerprint density at radius 3 is 1.63 bits per heavy atom. The lowest BCUT2D eigenvalue weighted by molar-refractivity contribution is 0.636. The zero-order chi connectivity index (χ0) is 31.6. The van der Waals surface area contributed by atoms with Crippen molar-refractivity contribution in [2.45, 2.75) is 22.6 Å². The van der Waals surface area contributed by atoms with E-state index in [0.29, 0.717) is 11.1 Å². The van der Waals surface area contributed by atoms with Crippen LogP contribution in [-0.4, -0.2) is 83.8 Å². The lowest BCUT2D eigenvalue weighted by Gasteiger charge is -2.36. The van der Waals surface area contributed by atoms with E-state index in [0.717, 1.165) is 114 Å². The second-order valence-electron chi connectivity index (χ2n) is 11.4. The highest BCUT2D eigenvalue weighted by molar-refractivity contribution is 7.99. The second kappa shape index (κ2) is 14.1. The normalized spacial score (nSPS) is 17.5. The minimum absolute atomic E-state index is 0.00707. The first-order valence-electron chi connectivity index (χ1n) is 15.4. The minimum atomic E-state index is 0.00707. The van der Waals surface area contributed by atoms with Crippen LogP contribution in [0, 0.1) is 0 Å². The summed E-state index contributed by atoms with van der Waals surface area (Å²) in [4.78, 5) is 39.9. The standard InChI is InChI=1S/C16H16Cl2N4S.C16H17ClN4OS/c17-11-1-3-12(4-2-11)21-6-8-22(9-7-21)16-19-13-5-10-23-14(13)15(18)20-16;17-11-1-3-12(4-2-11)20-6-8-21(9-7-20)16-18-13-5-10-23-14(13)15(22)19-16/h1-4H,5-10H2;1-4H,5-10H2,(H,18,19,22). The van der Waals surface area contributed by atoms with Crippen LogP contribution < -0.4 is 25.2 Å². The largest absolute Gasteiger partial charge is 0.368 e. The lowest BCUT2D eigenvalue weighted by atomic mass is 10.2. The number of halogens is 3. The number of nitrogens with one attached hydrogen (secondary N) is 1. The van der Waals surface area contributed by atoms with Gasteiger partial charge in [-0.25, -0.2) is 9.97 Å². The van der Waals surface area contributed by atoms with Gasteiger partial charge < -0.3 is 19.6 Å². The fraction of sp³-hybridized carbons (Fsp3) is 0.375. The Bertz CT molecular complexity index is 1740. The van der Waals surface area contributed by atoms with E-state index in [2.05, 4.69) is 46.7 Å². The molecule has 0 atom stereocenters.